The highest BCUT2D eigenvalue weighted by atomic mass is 32.1. The van der Waals surface area contributed by atoms with Crippen molar-refractivity contribution in [2.24, 2.45) is 0 Å². The molecule has 4 rings (SSSR count). The van der Waals surface area contributed by atoms with Gasteiger partial charge in [0.05, 0.1) is 11.5 Å². The van der Waals surface area contributed by atoms with Gasteiger partial charge in [-0.1, -0.05) is 6.42 Å². The van der Waals surface area contributed by atoms with E-state index in [0.29, 0.717) is 0 Å². The highest BCUT2D eigenvalue weighted by molar-refractivity contribution is 7.16. The van der Waals surface area contributed by atoms with Gasteiger partial charge in [0.2, 0.25) is 0 Å². The van der Waals surface area contributed by atoms with E-state index < -0.39 is 0 Å². The summed E-state index contributed by atoms with van der Waals surface area (Å²) in [7, 11) is 0. The van der Waals surface area contributed by atoms with Gasteiger partial charge in [-0.2, -0.15) is 0 Å². The van der Waals surface area contributed by atoms with E-state index in [2.05, 4.69) is 15.3 Å². The molecule has 1 fully saturated rings. The van der Waals surface area contributed by atoms with Gasteiger partial charge in [-0.15, -0.1) is 11.3 Å². The summed E-state index contributed by atoms with van der Waals surface area (Å²) in [5.74, 6) is 1.59. The number of aromatic nitrogens is 2. The number of anilines is 2. The summed E-state index contributed by atoms with van der Waals surface area (Å²) >= 11 is 1.60. The Morgan fingerprint density at radius 2 is 1.92 bits per heavy atom. The van der Waals surface area contributed by atoms with E-state index in [1.165, 1.54) is 0 Å². The molecule has 2 aromatic heterocycles. The largest absolute Gasteiger partial charge is 0.488 e. The smallest absolute Gasteiger partial charge is 0.142 e. The normalized spacial score (nSPS) is 20.9. The predicted octanol–water partition coefficient (Wildman–Crippen LogP) is 4.12. The van der Waals surface area contributed by atoms with Gasteiger partial charge in [0, 0.05) is 5.69 Å². The van der Waals surface area contributed by atoms with E-state index >= 15 is 0 Å². The van der Waals surface area contributed by atoms with Crippen molar-refractivity contribution in [1.29, 1.82) is 0 Å². The lowest BCUT2D eigenvalue weighted by atomic mass is 9.95. The van der Waals surface area contributed by atoms with E-state index in [1.807, 2.05) is 35.7 Å². The van der Waals surface area contributed by atoms with Gasteiger partial charge >= 0.3 is 0 Å². The van der Waals surface area contributed by atoms with Crippen molar-refractivity contribution >= 4 is 33.1 Å². The van der Waals surface area contributed by atoms with Crippen LogP contribution in [0, 0.1) is 0 Å². The molecular weight excluding hydrogens is 322 g/mol. The molecule has 5 nitrogen and oxygen atoms in total. The summed E-state index contributed by atoms with van der Waals surface area (Å²) in [4.78, 5) is 9.54. The zero-order valence-corrected chi connectivity index (χ0v) is 14.0. The highest BCUT2D eigenvalue weighted by Gasteiger charge is 2.24. The monoisotopic (exact) mass is 341 g/mol. The zero-order valence-electron chi connectivity index (χ0n) is 13.2. The number of fused-ring (bicyclic) bond motifs is 1. The topological polar surface area (TPSA) is 67.3 Å². The van der Waals surface area contributed by atoms with Gasteiger partial charge in [-0.05, 0) is 55.0 Å². The van der Waals surface area contributed by atoms with Crippen LogP contribution in [0.2, 0.25) is 0 Å². The molecule has 6 heteroatoms. The van der Waals surface area contributed by atoms with Crippen molar-refractivity contribution in [1.82, 2.24) is 9.97 Å². The summed E-state index contributed by atoms with van der Waals surface area (Å²) < 4.78 is 5.93. The standard InChI is InChI=1S/C18H19N3O2S/c22-15-3-1-2-4-16(15)23-13-7-5-12(6-8-13)21-17-14-9-10-24-18(14)20-11-19-17/h5-11,15-16,22H,1-4H2,(H,19,20,21)/t15-,16-/m1/s1. The molecule has 124 valence electrons. The highest BCUT2D eigenvalue weighted by Crippen LogP contribution is 2.28. The summed E-state index contributed by atoms with van der Waals surface area (Å²) in [5, 5.41) is 16.4. The zero-order chi connectivity index (χ0) is 16.4. The van der Waals surface area contributed by atoms with Crippen LogP contribution in [0.25, 0.3) is 10.2 Å². The minimum Gasteiger partial charge on any atom is -0.488 e. The van der Waals surface area contributed by atoms with Crippen molar-refractivity contribution in [3.05, 3.63) is 42.0 Å². The van der Waals surface area contributed by atoms with Crippen LogP contribution in [0.4, 0.5) is 11.5 Å². The fraction of sp³-hybridized carbons (Fsp3) is 0.333. The number of ether oxygens (including phenoxy) is 1. The van der Waals surface area contributed by atoms with Crippen LogP contribution in [-0.4, -0.2) is 27.3 Å². The first-order valence-corrected chi connectivity index (χ1v) is 9.07. The molecule has 1 aliphatic rings. The van der Waals surface area contributed by atoms with Gasteiger partial charge < -0.3 is 15.2 Å². The van der Waals surface area contributed by atoms with E-state index in [4.69, 9.17) is 4.74 Å². The molecular formula is C18H19N3O2S. The number of thiophene rings is 1. The number of hydrogen-bond acceptors (Lipinski definition) is 6. The fourth-order valence-electron chi connectivity index (χ4n) is 3.03. The lowest BCUT2D eigenvalue weighted by Gasteiger charge is -2.28. The molecule has 3 aromatic rings. The lowest BCUT2D eigenvalue weighted by Crippen LogP contribution is -2.34. The van der Waals surface area contributed by atoms with E-state index in [1.54, 1.807) is 17.7 Å². The number of nitrogens with one attached hydrogen (secondary N) is 1. The second-order valence-corrected chi connectivity index (χ2v) is 6.91. The minimum absolute atomic E-state index is 0.0927. The minimum atomic E-state index is -0.357. The van der Waals surface area contributed by atoms with E-state index in [0.717, 1.165) is 53.2 Å². The maximum Gasteiger partial charge on any atom is 0.142 e. The first kappa shape index (κ1) is 15.4. The second-order valence-electron chi connectivity index (χ2n) is 6.02. The Balaban J connectivity index is 1.47. The number of nitrogens with zero attached hydrogens (tertiary/aromatic N) is 2. The van der Waals surface area contributed by atoms with Crippen LogP contribution < -0.4 is 10.1 Å². The molecule has 2 N–H and O–H groups in total. The van der Waals surface area contributed by atoms with Crippen LogP contribution >= 0.6 is 11.3 Å². The fourth-order valence-corrected chi connectivity index (χ4v) is 3.77. The Labute approximate surface area is 144 Å². The maximum absolute atomic E-state index is 10.0. The molecule has 1 aliphatic carbocycles. The molecule has 1 aromatic carbocycles. The average Bonchev–Trinajstić information content (AvgIpc) is 3.08. The van der Waals surface area contributed by atoms with E-state index in [-0.39, 0.29) is 12.2 Å². The summed E-state index contributed by atoms with van der Waals surface area (Å²) in [6.07, 6.45) is 5.07. The first-order valence-electron chi connectivity index (χ1n) is 8.19. The Morgan fingerprint density at radius 1 is 1.08 bits per heavy atom. The van der Waals surface area contributed by atoms with Crippen LogP contribution in [0.1, 0.15) is 25.7 Å². The molecule has 0 radical (unpaired) electrons. The van der Waals surface area contributed by atoms with Crippen molar-refractivity contribution in [2.75, 3.05) is 5.32 Å². The first-order chi connectivity index (χ1) is 11.8. The molecule has 2 atom stereocenters. The van der Waals surface area contributed by atoms with Crippen LogP contribution in [0.3, 0.4) is 0 Å². The molecule has 24 heavy (non-hydrogen) atoms. The third kappa shape index (κ3) is 3.20. The van der Waals surface area contributed by atoms with Gasteiger partial charge in [0.25, 0.3) is 0 Å². The average molecular weight is 341 g/mol. The van der Waals surface area contributed by atoms with Gasteiger partial charge in [-0.3, -0.25) is 0 Å². The van der Waals surface area contributed by atoms with Gasteiger partial charge in [0.1, 0.15) is 28.8 Å². The molecule has 0 saturated heterocycles. The molecule has 0 bridgehead atoms. The maximum atomic E-state index is 10.0. The summed E-state index contributed by atoms with van der Waals surface area (Å²) in [6, 6.07) is 9.80. The second kappa shape index (κ2) is 6.75. The molecule has 1 saturated carbocycles. The Morgan fingerprint density at radius 3 is 2.75 bits per heavy atom. The molecule has 0 spiro atoms. The predicted molar refractivity (Wildman–Crippen MR) is 96.0 cm³/mol. The molecule has 0 aliphatic heterocycles. The lowest BCUT2D eigenvalue weighted by molar-refractivity contribution is 0.00688. The van der Waals surface area contributed by atoms with Crippen LogP contribution in [0.15, 0.2) is 42.0 Å². The van der Waals surface area contributed by atoms with Crippen molar-refractivity contribution in [2.45, 2.75) is 37.9 Å². The van der Waals surface area contributed by atoms with Crippen molar-refractivity contribution < 1.29 is 9.84 Å². The SMILES string of the molecule is O[C@@H]1CCCC[C@H]1Oc1ccc(Nc2ncnc3sccc23)cc1. The van der Waals surface area contributed by atoms with Crippen molar-refractivity contribution in [3.8, 4) is 5.75 Å². The number of aliphatic hydroxyl groups excluding tert-OH is 1. The number of rotatable bonds is 4. The Hall–Kier alpha value is -2.18. The number of benzene rings is 1. The van der Waals surface area contributed by atoms with Gasteiger partial charge in [0.15, 0.2) is 0 Å². The third-order valence-corrected chi connectivity index (χ3v) is 5.15. The van der Waals surface area contributed by atoms with Crippen LogP contribution in [0.5, 0.6) is 5.75 Å². The summed E-state index contributed by atoms with van der Waals surface area (Å²) in [6.45, 7) is 0. The third-order valence-electron chi connectivity index (χ3n) is 4.33. The molecule has 0 unspecified atom stereocenters. The van der Waals surface area contributed by atoms with Crippen molar-refractivity contribution in [3.63, 3.8) is 0 Å². The molecule has 2 heterocycles. The summed E-state index contributed by atoms with van der Waals surface area (Å²) in [5.41, 5.74) is 0.942. The quantitative estimate of drug-likeness (QED) is 0.747. The van der Waals surface area contributed by atoms with Crippen LogP contribution in [-0.2, 0) is 0 Å². The van der Waals surface area contributed by atoms with E-state index in [9.17, 15) is 5.11 Å². The number of hydrogen-bond donors (Lipinski definition) is 2. The van der Waals surface area contributed by atoms with Gasteiger partial charge in [-0.25, -0.2) is 9.97 Å². The number of aliphatic hydroxyl groups is 1. The molecule has 0 amide bonds. The Kier molecular flexibility index (Phi) is 4.32. The Bertz CT molecular complexity index is 819.